The second-order valence-corrected chi connectivity index (χ2v) is 6.77. The lowest BCUT2D eigenvalue weighted by Gasteiger charge is -2.07. The predicted molar refractivity (Wildman–Crippen MR) is 122 cm³/mol. The zero-order valence-corrected chi connectivity index (χ0v) is 17.7. The van der Waals surface area contributed by atoms with Crippen molar-refractivity contribution in [2.24, 2.45) is 5.10 Å². The Hall–Kier alpha value is -5.80. The molecule has 0 bridgehead atoms. The SMILES string of the molecule is O=C(Oc1ccccc1/C=N/Nc1ccc([N+](=O)[O-])cc1[N+](=O)[O-])c1cc([N+](=O)[O-])cc([N+](=O)[O-])c1. The molecule has 0 saturated heterocycles. The summed E-state index contributed by atoms with van der Waals surface area (Å²) in [5.74, 6) is -1.21. The number of anilines is 1. The first-order chi connectivity index (χ1) is 17.1. The van der Waals surface area contributed by atoms with Crippen molar-refractivity contribution in [3.05, 3.63) is 112 Å². The van der Waals surface area contributed by atoms with Gasteiger partial charge < -0.3 is 4.74 Å². The van der Waals surface area contributed by atoms with E-state index in [4.69, 9.17) is 4.74 Å². The number of hydrogen-bond donors (Lipinski definition) is 1. The molecule has 36 heavy (non-hydrogen) atoms. The van der Waals surface area contributed by atoms with Gasteiger partial charge in [0.2, 0.25) is 0 Å². The average Bonchev–Trinajstić information content (AvgIpc) is 2.84. The van der Waals surface area contributed by atoms with Crippen LogP contribution in [0.3, 0.4) is 0 Å². The van der Waals surface area contributed by atoms with Crippen LogP contribution < -0.4 is 10.2 Å². The highest BCUT2D eigenvalue weighted by molar-refractivity contribution is 5.94. The number of hydrazone groups is 1. The minimum Gasteiger partial charge on any atom is -0.422 e. The lowest BCUT2D eigenvalue weighted by Crippen LogP contribution is -2.11. The van der Waals surface area contributed by atoms with Crippen LogP contribution in [-0.2, 0) is 0 Å². The molecule has 3 aromatic carbocycles. The van der Waals surface area contributed by atoms with Gasteiger partial charge in [0, 0.05) is 23.8 Å². The van der Waals surface area contributed by atoms with Gasteiger partial charge >= 0.3 is 11.7 Å². The minimum absolute atomic E-state index is 0.0830. The van der Waals surface area contributed by atoms with Crippen molar-refractivity contribution in [1.82, 2.24) is 0 Å². The fourth-order valence-electron chi connectivity index (χ4n) is 2.81. The molecule has 16 nitrogen and oxygen atoms in total. The molecule has 0 aromatic heterocycles. The third kappa shape index (κ3) is 5.76. The van der Waals surface area contributed by atoms with E-state index in [2.05, 4.69) is 10.5 Å². The largest absolute Gasteiger partial charge is 0.422 e. The highest BCUT2D eigenvalue weighted by Gasteiger charge is 2.22. The number of rotatable bonds is 9. The van der Waals surface area contributed by atoms with E-state index in [-0.39, 0.29) is 17.0 Å². The molecule has 3 aromatic rings. The first-order valence-corrected chi connectivity index (χ1v) is 9.54. The molecule has 0 unspecified atom stereocenters. The van der Waals surface area contributed by atoms with E-state index >= 15 is 0 Å². The van der Waals surface area contributed by atoms with Crippen LogP contribution in [0.25, 0.3) is 0 Å². The summed E-state index contributed by atoms with van der Waals surface area (Å²) in [5, 5.41) is 48.0. The summed E-state index contributed by atoms with van der Waals surface area (Å²) >= 11 is 0. The van der Waals surface area contributed by atoms with Gasteiger partial charge in [-0.3, -0.25) is 45.9 Å². The molecule has 0 spiro atoms. The van der Waals surface area contributed by atoms with Crippen LogP contribution in [-0.4, -0.2) is 31.9 Å². The maximum atomic E-state index is 12.6. The van der Waals surface area contributed by atoms with Crippen LogP contribution in [0.15, 0.2) is 65.8 Å². The zero-order chi connectivity index (χ0) is 26.4. The Morgan fingerprint density at radius 3 is 1.97 bits per heavy atom. The number of esters is 1. The molecule has 3 rings (SSSR count). The molecule has 0 aliphatic heterocycles. The Morgan fingerprint density at radius 1 is 0.778 bits per heavy atom. The van der Waals surface area contributed by atoms with Gasteiger partial charge in [-0.25, -0.2) is 4.79 Å². The lowest BCUT2D eigenvalue weighted by molar-refractivity contribution is -0.394. The third-order valence-electron chi connectivity index (χ3n) is 4.46. The monoisotopic (exact) mass is 496 g/mol. The average molecular weight is 496 g/mol. The Bertz CT molecular complexity index is 1410. The molecular weight excluding hydrogens is 484 g/mol. The molecule has 0 fully saturated rings. The van der Waals surface area contributed by atoms with Crippen molar-refractivity contribution in [1.29, 1.82) is 0 Å². The maximum absolute atomic E-state index is 12.6. The summed E-state index contributed by atoms with van der Waals surface area (Å²) in [5.41, 5.74) is -0.491. The summed E-state index contributed by atoms with van der Waals surface area (Å²) in [7, 11) is 0. The van der Waals surface area contributed by atoms with Gasteiger partial charge in [0.15, 0.2) is 0 Å². The summed E-state index contributed by atoms with van der Waals surface area (Å²) in [4.78, 5) is 53.3. The van der Waals surface area contributed by atoms with Crippen molar-refractivity contribution >= 4 is 40.6 Å². The molecule has 0 aliphatic rings. The standard InChI is InChI=1S/C20H12N6O10/c27-20(13-7-15(24(30)31)9-16(8-13)25(32)33)36-19-4-2-1-3-12(19)11-21-22-17-6-5-14(23(28)29)10-18(17)26(34)35/h1-11,22H/b21-11+. The number of ether oxygens (including phenoxy) is 1. The Morgan fingerprint density at radius 2 is 1.39 bits per heavy atom. The quantitative estimate of drug-likeness (QED) is 0.146. The molecular formula is C20H12N6O10. The molecule has 0 amide bonds. The number of nitro groups is 4. The Balaban J connectivity index is 1.85. The van der Waals surface area contributed by atoms with Crippen LogP contribution in [0.4, 0.5) is 28.4 Å². The first kappa shape index (κ1) is 24.8. The van der Waals surface area contributed by atoms with Crippen molar-refractivity contribution in [2.45, 2.75) is 0 Å². The number of carbonyl (C=O) groups excluding carboxylic acids is 1. The molecule has 1 N–H and O–H groups in total. The number of hydrogen-bond acceptors (Lipinski definition) is 12. The van der Waals surface area contributed by atoms with Crippen LogP contribution in [0.5, 0.6) is 5.75 Å². The third-order valence-corrected chi connectivity index (χ3v) is 4.46. The van der Waals surface area contributed by atoms with E-state index in [1.54, 1.807) is 6.07 Å². The van der Waals surface area contributed by atoms with Crippen molar-refractivity contribution in [3.63, 3.8) is 0 Å². The number of carbonyl (C=O) groups is 1. The van der Waals surface area contributed by atoms with E-state index in [9.17, 15) is 45.3 Å². The normalized spacial score (nSPS) is 10.6. The van der Waals surface area contributed by atoms with E-state index < -0.39 is 54.0 Å². The van der Waals surface area contributed by atoms with Crippen LogP contribution in [0.1, 0.15) is 15.9 Å². The van der Waals surface area contributed by atoms with Gasteiger partial charge in [-0.05, 0) is 18.2 Å². The number of para-hydroxylation sites is 1. The molecule has 0 heterocycles. The van der Waals surface area contributed by atoms with Gasteiger partial charge in [0.1, 0.15) is 11.4 Å². The maximum Gasteiger partial charge on any atom is 0.344 e. The number of nitro benzene ring substituents is 4. The highest BCUT2D eigenvalue weighted by atomic mass is 16.6. The van der Waals surface area contributed by atoms with E-state index in [0.29, 0.717) is 6.07 Å². The van der Waals surface area contributed by atoms with E-state index in [0.717, 1.165) is 36.5 Å². The number of benzene rings is 3. The van der Waals surface area contributed by atoms with E-state index in [1.807, 2.05) is 0 Å². The summed E-state index contributed by atoms with van der Waals surface area (Å²) < 4.78 is 5.22. The van der Waals surface area contributed by atoms with Gasteiger partial charge in [-0.2, -0.15) is 5.10 Å². The summed E-state index contributed by atoms with van der Waals surface area (Å²) in [6.45, 7) is 0. The summed E-state index contributed by atoms with van der Waals surface area (Å²) in [6, 6.07) is 11.1. The molecule has 0 radical (unpaired) electrons. The number of nitrogens with one attached hydrogen (secondary N) is 1. The zero-order valence-electron chi connectivity index (χ0n) is 17.7. The molecule has 16 heteroatoms. The van der Waals surface area contributed by atoms with Gasteiger partial charge in [0.05, 0.1) is 43.6 Å². The second kappa shape index (κ2) is 10.4. The molecule has 0 atom stereocenters. The van der Waals surface area contributed by atoms with Gasteiger partial charge in [-0.15, -0.1) is 0 Å². The molecule has 0 aliphatic carbocycles. The number of nitrogens with zero attached hydrogens (tertiary/aromatic N) is 5. The van der Waals surface area contributed by atoms with Gasteiger partial charge in [0.25, 0.3) is 17.1 Å². The van der Waals surface area contributed by atoms with Crippen LogP contribution >= 0.6 is 0 Å². The predicted octanol–water partition coefficient (Wildman–Crippen LogP) is 3.98. The van der Waals surface area contributed by atoms with Crippen LogP contribution in [0, 0.1) is 40.5 Å². The van der Waals surface area contributed by atoms with Crippen molar-refractivity contribution in [2.75, 3.05) is 5.43 Å². The van der Waals surface area contributed by atoms with Crippen LogP contribution in [0.2, 0.25) is 0 Å². The molecule has 0 saturated carbocycles. The smallest absolute Gasteiger partial charge is 0.344 e. The summed E-state index contributed by atoms with van der Waals surface area (Å²) in [6.07, 6.45) is 1.13. The fraction of sp³-hybridized carbons (Fsp3) is 0. The fourth-order valence-corrected chi connectivity index (χ4v) is 2.81. The van der Waals surface area contributed by atoms with Gasteiger partial charge in [-0.1, -0.05) is 12.1 Å². The lowest BCUT2D eigenvalue weighted by atomic mass is 10.1. The van der Waals surface area contributed by atoms with Crippen molar-refractivity contribution < 1.29 is 29.2 Å². The van der Waals surface area contributed by atoms with Crippen molar-refractivity contribution in [3.8, 4) is 5.75 Å². The highest BCUT2D eigenvalue weighted by Crippen LogP contribution is 2.29. The number of non-ortho nitro benzene ring substituents is 3. The Kier molecular flexibility index (Phi) is 7.19. The minimum atomic E-state index is -1.12. The first-order valence-electron chi connectivity index (χ1n) is 9.54. The molecule has 182 valence electrons. The second-order valence-electron chi connectivity index (χ2n) is 6.77. The Labute approximate surface area is 199 Å². The topological polar surface area (TPSA) is 223 Å². The van der Waals surface area contributed by atoms with E-state index in [1.165, 1.54) is 18.2 Å².